The summed E-state index contributed by atoms with van der Waals surface area (Å²) in [6.07, 6.45) is 3.59. The van der Waals surface area contributed by atoms with Gasteiger partial charge < -0.3 is 5.32 Å². The van der Waals surface area contributed by atoms with Gasteiger partial charge in [0.15, 0.2) is 0 Å². The summed E-state index contributed by atoms with van der Waals surface area (Å²) in [5.41, 5.74) is 1.42. The summed E-state index contributed by atoms with van der Waals surface area (Å²) in [5, 5.41) is 17.0. The Kier molecular flexibility index (Phi) is 2.36. The molecule has 1 aliphatic rings. The number of aryl methyl sites for hydroxylation is 2. The van der Waals surface area contributed by atoms with Crippen molar-refractivity contribution in [1.82, 2.24) is 20.2 Å². The maximum atomic E-state index is 3.96. The maximum absolute atomic E-state index is 3.96. The highest BCUT2D eigenvalue weighted by atomic mass is 32.1. The molecule has 0 aromatic carbocycles. The van der Waals surface area contributed by atoms with E-state index in [9.17, 15) is 0 Å². The van der Waals surface area contributed by atoms with Crippen LogP contribution in [0.3, 0.4) is 0 Å². The molecule has 1 aliphatic carbocycles. The van der Waals surface area contributed by atoms with Gasteiger partial charge in [-0.2, -0.15) is 0 Å². The molecule has 2 aromatic heterocycles. The van der Waals surface area contributed by atoms with Gasteiger partial charge in [-0.1, -0.05) is 5.10 Å². The molecule has 16 heavy (non-hydrogen) atoms. The quantitative estimate of drug-likeness (QED) is 0.861. The van der Waals surface area contributed by atoms with Gasteiger partial charge in [0, 0.05) is 11.9 Å². The fraction of sp³-hybridized carbons (Fsp3) is 0.500. The number of nitrogens with one attached hydrogen (secondary N) is 1. The lowest BCUT2D eigenvalue weighted by atomic mass is 9.94. The van der Waals surface area contributed by atoms with E-state index < -0.39 is 0 Å². The molecule has 84 valence electrons. The van der Waals surface area contributed by atoms with E-state index in [0.717, 1.165) is 12.4 Å². The van der Waals surface area contributed by atoms with Crippen LogP contribution in [0.15, 0.2) is 11.4 Å². The van der Waals surface area contributed by atoms with Gasteiger partial charge in [-0.25, -0.2) is 4.68 Å². The van der Waals surface area contributed by atoms with Crippen LogP contribution in [0.4, 0.5) is 5.95 Å². The first-order valence-corrected chi connectivity index (χ1v) is 6.28. The fourth-order valence-electron chi connectivity index (χ4n) is 2.14. The molecule has 0 amide bonds. The first-order valence-electron chi connectivity index (χ1n) is 5.40. The summed E-state index contributed by atoms with van der Waals surface area (Å²) >= 11 is 1.85. The van der Waals surface area contributed by atoms with E-state index in [1.165, 1.54) is 23.3 Å². The molecule has 2 heterocycles. The van der Waals surface area contributed by atoms with E-state index in [2.05, 4.69) is 32.3 Å². The summed E-state index contributed by atoms with van der Waals surface area (Å²) in [6, 6.07) is 2.57. The Balaban J connectivity index is 1.85. The van der Waals surface area contributed by atoms with Crippen LogP contribution in [0.1, 0.15) is 29.3 Å². The Morgan fingerprint density at radius 3 is 3.31 bits per heavy atom. The van der Waals surface area contributed by atoms with Crippen LogP contribution in [-0.4, -0.2) is 20.2 Å². The Hall–Kier alpha value is -1.43. The van der Waals surface area contributed by atoms with Crippen molar-refractivity contribution in [3.8, 4) is 0 Å². The molecule has 0 radical (unpaired) electrons. The lowest BCUT2D eigenvalue weighted by Gasteiger charge is -2.23. The van der Waals surface area contributed by atoms with E-state index in [0.29, 0.717) is 6.04 Å². The van der Waals surface area contributed by atoms with Crippen molar-refractivity contribution in [3.05, 3.63) is 21.9 Å². The number of thiophene rings is 1. The lowest BCUT2D eigenvalue weighted by molar-refractivity contribution is 0.598. The third-order valence-corrected chi connectivity index (χ3v) is 3.97. The summed E-state index contributed by atoms with van der Waals surface area (Å²) in [7, 11) is 1.85. The van der Waals surface area contributed by atoms with Crippen molar-refractivity contribution in [3.63, 3.8) is 0 Å². The molecular formula is C10H13N5S. The van der Waals surface area contributed by atoms with Crippen molar-refractivity contribution < 1.29 is 0 Å². The van der Waals surface area contributed by atoms with Gasteiger partial charge in [0.2, 0.25) is 5.95 Å². The van der Waals surface area contributed by atoms with Gasteiger partial charge in [0.05, 0.1) is 6.04 Å². The number of hydrogen-bond donors (Lipinski definition) is 1. The average Bonchev–Trinajstić information content (AvgIpc) is 2.89. The van der Waals surface area contributed by atoms with Gasteiger partial charge in [-0.05, 0) is 46.7 Å². The van der Waals surface area contributed by atoms with Crippen molar-refractivity contribution in [2.75, 3.05) is 5.32 Å². The van der Waals surface area contributed by atoms with Crippen LogP contribution in [0.2, 0.25) is 0 Å². The second-order valence-corrected chi connectivity index (χ2v) is 5.02. The van der Waals surface area contributed by atoms with Crippen molar-refractivity contribution in [2.45, 2.75) is 25.3 Å². The second-order valence-electron chi connectivity index (χ2n) is 4.01. The minimum atomic E-state index is 0.361. The average molecular weight is 235 g/mol. The summed E-state index contributed by atoms with van der Waals surface area (Å²) in [5.74, 6) is 0.740. The highest BCUT2D eigenvalue weighted by molar-refractivity contribution is 7.10. The molecule has 0 saturated carbocycles. The lowest BCUT2D eigenvalue weighted by Crippen LogP contribution is -2.17. The zero-order valence-electron chi connectivity index (χ0n) is 9.05. The van der Waals surface area contributed by atoms with Gasteiger partial charge in [-0.3, -0.25) is 0 Å². The summed E-state index contributed by atoms with van der Waals surface area (Å²) in [4.78, 5) is 1.50. The van der Waals surface area contributed by atoms with Crippen molar-refractivity contribution >= 4 is 17.3 Å². The monoisotopic (exact) mass is 235 g/mol. The largest absolute Gasteiger partial charge is 0.346 e. The van der Waals surface area contributed by atoms with E-state index in [1.807, 2.05) is 18.4 Å². The SMILES string of the molecule is Cn1nnnc1NC1CCCc2sccc21. The molecule has 1 N–H and O–H groups in total. The molecule has 2 aromatic rings. The molecule has 3 rings (SSSR count). The number of hydrogen-bond acceptors (Lipinski definition) is 5. The van der Waals surface area contributed by atoms with Gasteiger partial charge in [0.25, 0.3) is 0 Å². The topological polar surface area (TPSA) is 55.6 Å². The van der Waals surface area contributed by atoms with Crippen LogP contribution >= 0.6 is 11.3 Å². The van der Waals surface area contributed by atoms with E-state index in [4.69, 9.17) is 0 Å². The first-order chi connectivity index (χ1) is 7.84. The molecule has 0 bridgehead atoms. The number of nitrogens with zero attached hydrogens (tertiary/aromatic N) is 4. The number of tetrazole rings is 1. The number of fused-ring (bicyclic) bond motifs is 1. The third kappa shape index (κ3) is 1.59. The molecule has 5 nitrogen and oxygen atoms in total. The van der Waals surface area contributed by atoms with Crippen LogP contribution in [0, 0.1) is 0 Å². The van der Waals surface area contributed by atoms with Crippen LogP contribution in [0.5, 0.6) is 0 Å². The van der Waals surface area contributed by atoms with Crippen molar-refractivity contribution in [2.24, 2.45) is 7.05 Å². The number of rotatable bonds is 2. The smallest absolute Gasteiger partial charge is 0.243 e. The molecule has 1 unspecified atom stereocenters. The van der Waals surface area contributed by atoms with Crippen molar-refractivity contribution in [1.29, 1.82) is 0 Å². The molecule has 6 heteroatoms. The molecule has 0 aliphatic heterocycles. The zero-order chi connectivity index (χ0) is 11.0. The number of anilines is 1. The van der Waals surface area contributed by atoms with E-state index >= 15 is 0 Å². The Morgan fingerprint density at radius 2 is 2.50 bits per heavy atom. The fourth-order valence-corrected chi connectivity index (χ4v) is 3.13. The number of aromatic nitrogens is 4. The van der Waals surface area contributed by atoms with Crippen LogP contribution in [-0.2, 0) is 13.5 Å². The van der Waals surface area contributed by atoms with E-state index in [-0.39, 0.29) is 0 Å². The Morgan fingerprint density at radius 1 is 1.56 bits per heavy atom. The van der Waals surface area contributed by atoms with Gasteiger partial charge in [-0.15, -0.1) is 11.3 Å². The molecule has 1 atom stereocenters. The molecule has 0 spiro atoms. The van der Waals surface area contributed by atoms with Gasteiger partial charge >= 0.3 is 0 Å². The minimum Gasteiger partial charge on any atom is -0.346 e. The van der Waals surface area contributed by atoms with Crippen LogP contribution < -0.4 is 5.32 Å². The summed E-state index contributed by atoms with van der Waals surface area (Å²) in [6.45, 7) is 0. The normalized spacial score (nSPS) is 19.4. The maximum Gasteiger partial charge on any atom is 0.243 e. The molecular weight excluding hydrogens is 222 g/mol. The second kappa shape index (κ2) is 3.86. The van der Waals surface area contributed by atoms with E-state index in [1.54, 1.807) is 4.68 Å². The summed E-state index contributed by atoms with van der Waals surface area (Å²) < 4.78 is 1.67. The standard InChI is InChI=1S/C10H13N5S/c1-15-10(12-13-14-15)11-8-3-2-4-9-7(8)5-6-16-9/h5-6,8H,2-4H2,1H3,(H,11,12,14). The highest BCUT2D eigenvalue weighted by Crippen LogP contribution is 2.34. The Labute approximate surface area is 97.5 Å². The first kappa shape index (κ1) is 9.77. The molecule has 0 saturated heterocycles. The third-order valence-electron chi connectivity index (χ3n) is 2.98. The Bertz CT molecular complexity index is 489. The van der Waals surface area contributed by atoms with Gasteiger partial charge in [0.1, 0.15) is 0 Å². The predicted molar refractivity (Wildman–Crippen MR) is 62.4 cm³/mol. The molecule has 0 fully saturated rings. The predicted octanol–water partition coefficient (Wildman–Crippen LogP) is 1.76. The minimum absolute atomic E-state index is 0.361. The highest BCUT2D eigenvalue weighted by Gasteiger charge is 2.22. The zero-order valence-corrected chi connectivity index (χ0v) is 9.87. The van der Waals surface area contributed by atoms with Crippen LogP contribution in [0.25, 0.3) is 0 Å².